The molecule has 10 heteroatoms. The molecule has 1 aliphatic carbocycles. The number of hydrogen-bond acceptors (Lipinski definition) is 10. The summed E-state index contributed by atoms with van der Waals surface area (Å²) in [5, 5.41) is 0. The fraction of sp³-hybridized carbons (Fsp3) is 0.750. The Kier molecular flexibility index (Phi) is 3.86. The molecule has 2 heterocycles. The number of carbonyl (C=O) groups excluding carboxylic acids is 4. The van der Waals surface area contributed by atoms with Crippen molar-refractivity contribution in [2.45, 2.75) is 75.8 Å². The molecule has 0 unspecified atom stereocenters. The molecule has 2 aliphatic heterocycles. The Labute approximate surface area is 149 Å². The van der Waals surface area contributed by atoms with Gasteiger partial charge in [-0.25, -0.2) is 19.2 Å². The van der Waals surface area contributed by atoms with Crippen LogP contribution in [0, 0.1) is 0 Å². The molecule has 0 aromatic heterocycles. The topological polar surface area (TPSA) is 124 Å². The molecule has 26 heavy (non-hydrogen) atoms. The Balaban J connectivity index is 2.35. The number of fused-ring (bicyclic) bond motifs is 4. The van der Waals surface area contributed by atoms with Crippen molar-refractivity contribution in [2.24, 2.45) is 0 Å². The van der Waals surface area contributed by atoms with Gasteiger partial charge < -0.3 is 28.4 Å². The van der Waals surface area contributed by atoms with Crippen LogP contribution in [0.3, 0.4) is 0 Å². The fourth-order valence-corrected chi connectivity index (χ4v) is 5.26. The van der Waals surface area contributed by atoms with Crippen LogP contribution in [0.25, 0.3) is 0 Å². The first-order valence-electron chi connectivity index (χ1n) is 8.51. The third-order valence-corrected chi connectivity index (χ3v) is 5.96. The van der Waals surface area contributed by atoms with Crippen LogP contribution in [0.2, 0.25) is 0 Å². The summed E-state index contributed by atoms with van der Waals surface area (Å²) < 4.78 is 31.0. The van der Waals surface area contributed by atoms with E-state index in [0.29, 0.717) is 0 Å². The second-order valence-corrected chi connectivity index (χ2v) is 6.33. The molecule has 0 bridgehead atoms. The third kappa shape index (κ3) is 1.67. The van der Waals surface area contributed by atoms with Gasteiger partial charge in [0, 0.05) is 0 Å². The number of rotatable bonds is 4. The zero-order chi connectivity index (χ0) is 19.4. The van der Waals surface area contributed by atoms with Crippen molar-refractivity contribution in [1.82, 2.24) is 0 Å². The van der Waals surface area contributed by atoms with E-state index in [0.717, 1.165) is 0 Å². The van der Waals surface area contributed by atoms with E-state index in [1.807, 2.05) is 0 Å². The number of hydrogen-bond donors (Lipinski definition) is 0. The van der Waals surface area contributed by atoms with Crippen molar-refractivity contribution in [3.63, 3.8) is 0 Å². The van der Waals surface area contributed by atoms with Gasteiger partial charge in [-0.1, -0.05) is 27.7 Å². The lowest BCUT2D eigenvalue weighted by atomic mass is 9.40. The van der Waals surface area contributed by atoms with Crippen LogP contribution in [-0.2, 0) is 28.4 Å². The second kappa shape index (κ2) is 5.49. The lowest BCUT2D eigenvalue weighted by Crippen LogP contribution is -2.96. The first-order chi connectivity index (χ1) is 12.2. The third-order valence-electron chi connectivity index (χ3n) is 5.96. The maximum atomic E-state index is 12.0. The summed E-state index contributed by atoms with van der Waals surface area (Å²) in [4.78, 5) is 48.2. The lowest BCUT2D eigenvalue weighted by molar-refractivity contribution is -0.423. The normalized spacial score (nSPS) is 41.4. The van der Waals surface area contributed by atoms with Crippen LogP contribution in [0.15, 0.2) is 0 Å². The number of cyclic esters (lactones) is 4. The molecule has 10 nitrogen and oxygen atoms in total. The molecule has 0 atom stereocenters. The van der Waals surface area contributed by atoms with Gasteiger partial charge in [0.15, 0.2) is 0 Å². The molecule has 3 rings (SSSR count). The minimum atomic E-state index is -1.62. The molecule has 0 N–H and O–H groups in total. The van der Waals surface area contributed by atoms with Crippen molar-refractivity contribution < 1.29 is 47.6 Å². The van der Waals surface area contributed by atoms with Crippen molar-refractivity contribution in [2.75, 3.05) is 0 Å². The van der Waals surface area contributed by atoms with E-state index in [-0.39, 0.29) is 25.7 Å². The number of ether oxygens (including phenoxy) is 6. The summed E-state index contributed by atoms with van der Waals surface area (Å²) in [5.41, 5.74) is -6.47. The SMILES string of the molecule is CCC12OC(=O)OC(=O)OC1(CC)C1(CC)OC(=O)OC(=O)OC21CC. The maximum absolute atomic E-state index is 12.0. The van der Waals surface area contributed by atoms with Gasteiger partial charge in [0.05, 0.1) is 0 Å². The average molecular weight is 372 g/mol. The minimum absolute atomic E-state index is 0.101. The van der Waals surface area contributed by atoms with E-state index >= 15 is 0 Å². The maximum Gasteiger partial charge on any atom is 0.519 e. The Morgan fingerprint density at radius 1 is 0.500 bits per heavy atom. The van der Waals surface area contributed by atoms with Crippen LogP contribution >= 0.6 is 0 Å². The zero-order valence-electron chi connectivity index (χ0n) is 14.9. The highest BCUT2D eigenvalue weighted by molar-refractivity contribution is 5.83. The molecule has 0 aromatic carbocycles. The molecule has 0 aromatic rings. The molecule has 3 aliphatic rings. The molecular weight excluding hydrogens is 352 g/mol. The largest absolute Gasteiger partial charge is 0.519 e. The molecule has 2 saturated heterocycles. The summed E-state index contributed by atoms with van der Waals surface area (Å²) in [6, 6.07) is 0. The molecular formula is C16H20O10. The quantitative estimate of drug-likeness (QED) is 0.413. The minimum Gasteiger partial charge on any atom is -0.418 e. The monoisotopic (exact) mass is 372 g/mol. The Bertz CT molecular complexity index is 559. The molecule has 0 radical (unpaired) electrons. The zero-order valence-corrected chi connectivity index (χ0v) is 14.9. The van der Waals surface area contributed by atoms with Gasteiger partial charge in [-0.05, 0) is 25.7 Å². The highest BCUT2D eigenvalue weighted by atomic mass is 16.9. The van der Waals surface area contributed by atoms with Crippen molar-refractivity contribution in [1.29, 1.82) is 0 Å². The highest BCUT2D eigenvalue weighted by Gasteiger charge is 2.96. The highest BCUT2D eigenvalue weighted by Crippen LogP contribution is 2.71. The van der Waals surface area contributed by atoms with Gasteiger partial charge in [0.2, 0.25) is 22.4 Å². The molecule has 0 spiro atoms. The van der Waals surface area contributed by atoms with Crippen LogP contribution in [-0.4, -0.2) is 47.0 Å². The number of carbonyl (C=O) groups is 4. The molecule has 1 saturated carbocycles. The molecule has 144 valence electrons. The standard InChI is InChI=1S/C16H20O10/c1-5-13-14(6-2,24-10(18)21-9(17)23-13)16(8-4)15(13,7-3)25-11(19)22-12(20)26-16/h5-8H2,1-4H3. The predicted octanol–water partition coefficient (Wildman–Crippen LogP) is 3.20. The van der Waals surface area contributed by atoms with Crippen LogP contribution < -0.4 is 0 Å². The summed E-state index contributed by atoms with van der Waals surface area (Å²) in [6.07, 6.45) is -4.72. The van der Waals surface area contributed by atoms with E-state index in [1.165, 1.54) is 0 Å². The summed E-state index contributed by atoms with van der Waals surface area (Å²) in [7, 11) is 0. The van der Waals surface area contributed by atoms with Crippen molar-refractivity contribution in [3.05, 3.63) is 0 Å². The predicted molar refractivity (Wildman–Crippen MR) is 80.2 cm³/mol. The van der Waals surface area contributed by atoms with E-state index in [1.54, 1.807) is 27.7 Å². The first kappa shape index (κ1) is 18.3. The van der Waals surface area contributed by atoms with E-state index < -0.39 is 47.0 Å². The van der Waals surface area contributed by atoms with Gasteiger partial charge in [-0.2, -0.15) is 0 Å². The first-order valence-corrected chi connectivity index (χ1v) is 8.51. The van der Waals surface area contributed by atoms with Gasteiger partial charge in [-0.3, -0.25) is 0 Å². The summed E-state index contributed by atoms with van der Waals surface area (Å²) >= 11 is 0. The van der Waals surface area contributed by atoms with Crippen molar-refractivity contribution >= 4 is 24.6 Å². The Morgan fingerprint density at radius 2 is 0.692 bits per heavy atom. The van der Waals surface area contributed by atoms with Gasteiger partial charge >= 0.3 is 24.6 Å². The van der Waals surface area contributed by atoms with Gasteiger partial charge in [0.1, 0.15) is 0 Å². The smallest absolute Gasteiger partial charge is 0.418 e. The van der Waals surface area contributed by atoms with Crippen LogP contribution in [0.5, 0.6) is 0 Å². The Hall–Kier alpha value is -2.52. The lowest BCUT2D eigenvalue weighted by Gasteiger charge is -2.73. The van der Waals surface area contributed by atoms with E-state index in [2.05, 4.69) is 9.47 Å². The average Bonchev–Trinajstić information content (AvgIpc) is 2.77. The van der Waals surface area contributed by atoms with Crippen LogP contribution in [0.4, 0.5) is 19.2 Å². The van der Waals surface area contributed by atoms with Gasteiger partial charge in [0.25, 0.3) is 0 Å². The van der Waals surface area contributed by atoms with Crippen molar-refractivity contribution in [3.8, 4) is 0 Å². The molecule has 0 amide bonds. The second-order valence-electron chi connectivity index (χ2n) is 6.33. The van der Waals surface area contributed by atoms with Crippen LogP contribution in [0.1, 0.15) is 53.4 Å². The van der Waals surface area contributed by atoms with E-state index in [4.69, 9.17) is 18.9 Å². The summed E-state index contributed by atoms with van der Waals surface area (Å²) in [6.45, 7) is 6.70. The summed E-state index contributed by atoms with van der Waals surface area (Å²) in [5.74, 6) is 0. The Morgan fingerprint density at radius 3 is 0.846 bits per heavy atom. The fourth-order valence-electron chi connectivity index (χ4n) is 5.26. The molecule has 3 fully saturated rings. The van der Waals surface area contributed by atoms with Gasteiger partial charge in [-0.15, -0.1) is 0 Å². The van der Waals surface area contributed by atoms with E-state index in [9.17, 15) is 19.2 Å².